The number of hydrogen-bond acceptors (Lipinski definition) is 5. The third-order valence-corrected chi connectivity index (χ3v) is 5.54. The molecule has 1 N–H and O–H groups in total. The minimum Gasteiger partial charge on any atom is -0.479 e. The molecule has 9 nitrogen and oxygen atoms in total. The second kappa shape index (κ2) is 7.21. The number of urea groups is 1. The summed E-state index contributed by atoms with van der Waals surface area (Å²) in [7, 11) is 1.69. The highest BCUT2D eigenvalue weighted by Gasteiger charge is 2.33. The Morgan fingerprint density at radius 3 is 2.61 bits per heavy atom. The SMILES string of the molecule is C[C@H]1Oc2ccc(NC(=O)N3CCC(N4CCOC4=O)CC3)cc2N(C)C1=O. The van der Waals surface area contributed by atoms with E-state index < -0.39 is 6.10 Å². The fraction of sp³-hybridized carbons (Fsp3) is 0.526. The van der Waals surface area contributed by atoms with Gasteiger partial charge in [-0.1, -0.05) is 0 Å². The van der Waals surface area contributed by atoms with Gasteiger partial charge < -0.3 is 29.5 Å². The normalized spacial score (nSPS) is 22.6. The van der Waals surface area contributed by atoms with Gasteiger partial charge in [0.2, 0.25) is 0 Å². The summed E-state index contributed by atoms with van der Waals surface area (Å²) in [5, 5.41) is 2.89. The predicted octanol–water partition coefficient (Wildman–Crippen LogP) is 1.88. The summed E-state index contributed by atoms with van der Waals surface area (Å²) in [6.07, 6.45) is 0.685. The molecule has 3 aliphatic rings. The molecule has 0 unspecified atom stereocenters. The van der Waals surface area contributed by atoms with Crippen LogP contribution in [-0.4, -0.2) is 73.3 Å². The van der Waals surface area contributed by atoms with Crippen molar-refractivity contribution < 1.29 is 23.9 Å². The molecule has 2 fully saturated rings. The summed E-state index contributed by atoms with van der Waals surface area (Å²) in [4.78, 5) is 41.5. The molecule has 1 aromatic carbocycles. The third-order valence-electron chi connectivity index (χ3n) is 5.54. The largest absolute Gasteiger partial charge is 0.479 e. The highest BCUT2D eigenvalue weighted by atomic mass is 16.6. The van der Waals surface area contributed by atoms with Gasteiger partial charge in [0.25, 0.3) is 5.91 Å². The van der Waals surface area contributed by atoms with Crippen molar-refractivity contribution in [2.45, 2.75) is 31.9 Å². The van der Waals surface area contributed by atoms with Crippen molar-refractivity contribution in [3.05, 3.63) is 18.2 Å². The maximum Gasteiger partial charge on any atom is 0.410 e. The second-order valence-electron chi connectivity index (χ2n) is 7.30. The Labute approximate surface area is 163 Å². The van der Waals surface area contributed by atoms with Crippen LogP contribution in [0.2, 0.25) is 0 Å². The highest BCUT2D eigenvalue weighted by Crippen LogP contribution is 2.35. The lowest BCUT2D eigenvalue weighted by atomic mass is 10.0. The molecule has 9 heteroatoms. The number of likely N-dealkylation sites (N-methyl/N-ethyl adjacent to an activating group) is 1. The Bertz CT molecular complexity index is 806. The van der Waals surface area contributed by atoms with Gasteiger partial charge in [-0.15, -0.1) is 0 Å². The molecule has 3 heterocycles. The van der Waals surface area contributed by atoms with Gasteiger partial charge in [0.15, 0.2) is 6.10 Å². The van der Waals surface area contributed by atoms with Gasteiger partial charge in [-0.3, -0.25) is 4.79 Å². The monoisotopic (exact) mass is 388 g/mol. The maximum atomic E-state index is 12.6. The molecule has 3 aliphatic heterocycles. The third kappa shape index (κ3) is 3.32. The number of nitrogens with one attached hydrogen (secondary N) is 1. The highest BCUT2D eigenvalue weighted by molar-refractivity contribution is 6.00. The van der Waals surface area contributed by atoms with Crippen LogP contribution in [0, 0.1) is 0 Å². The number of benzene rings is 1. The zero-order chi connectivity index (χ0) is 19.8. The van der Waals surface area contributed by atoms with E-state index in [1.165, 1.54) is 0 Å². The number of ether oxygens (including phenoxy) is 2. The van der Waals surface area contributed by atoms with E-state index in [2.05, 4.69) is 5.32 Å². The summed E-state index contributed by atoms with van der Waals surface area (Å²) in [6.45, 7) is 3.92. The smallest absolute Gasteiger partial charge is 0.410 e. The van der Waals surface area contributed by atoms with Crippen LogP contribution in [0.4, 0.5) is 21.0 Å². The zero-order valence-corrected chi connectivity index (χ0v) is 16.0. The molecule has 1 atom stereocenters. The van der Waals surface area contributed by atoms with Crippen molar-refractivity contribution in [2.24, 2.45) is 0 Å². The summed E-state index contributed by atoms with van der Waals surface area (Å²) in [6, 6.07) is 5.20. The number of cyclic esters (lactones) is 1. The minimum atomic E-state index is -0.521. The van der Waals surface area contributed by atoms with Crippen molar-refractivity contribution in [3.8, 4) is 5.75 Å². The van der Waals surface area contributed by atoms with Crippen LogP contribution in [0.1, 0.15) is 19.8 Å². The number of carbonyl (C=O) groups excluding carboxylic acids is 3. The van der Waals surface area contributed by atoms with Crippen molar-refractivity contribution in [3.63, 3.8) is 0 Å². The van der Waals surface area contributed by atoms with E-state index in [1.54, 1.807) is 46.9 Å². The van der Waals surface area contributed by atoms with E-state index >= 15 is 0 Å². The van der Waals surface area contributed by atoms with E-state index in [-0.39, 0.29) is 24.1 Å². The first kappa shape index (κ1) is 18.4. The molecule has 0 bridgehead atoms. The summed E-state index contributed by atoms with van der Waals surface area (Å²) in [5.74, 6) is 0.490. The lowest BCUT2D eigenvalue weighted by molar-refractivity contribution is -0.125. The van der Waals surface area contributed by atoms with Gasteiger partial charge >= 0.3 is 12.1 Å². The van der Waals surface area contributed by atoms with E-state index in [4.69, 9.17) is 9.47 Å². The van der Waals surface area contributed by atoms with Crippen LogP contribution < -0.4 is 15.0 Å². The number of likely N-dealkylation sites (tertiary alicyclic amines) is 1. The average molecular weight is 388 g/mol. The Morgan fingerprint density at radius 1 is 1.18 bits per heavy atom. The number of nitrogens with zero attached hydrogens (tertiary/aromatic N) is 3. The van der Waals surface area contributed by atoms with Crippen molar-refractivity contribution >= 4 is 29.4 Å². The van der Waals surface area contributed by atoms with Gasteiger partial charge in [0, 0.05) is 31.9 Å². The van der Waals surface area contributed by atoms with Gasteiger partial charge in [-0.2, -0.15) is 0 Å². The number of fused-ring (bicyclic) bond motifs is 1. The van der Waals surface area contributed by atoms with E-state index in [1.807, 2.05) is 0 Å². The molecular formula is C19H24N4O5. The molecule has 0 aliphatic carbocycles. The zero-order valence-electron chi connectivity index (χ0n) is 16.0. The van der Waals surface area contributed by atoms with Gasteiger partial charge in [0.05, 0.1) is 12.2 Å². The van der Waals surface area contributed by atoms with Gasteiger partial charge in [-0.05, 0) is 38.0 Å². The van der Waals surface area contributed by atoms with E-state index in [9.17, 15) is 14.4 Å². The fourth-order valence-electron chi connectivity index (χ4n) is 3.91. The van der Waals surface area contributed by atoms with Gasteiger partial charge in [0.1, 0.15) is 12.4 Å². The van der Waals surface area contributed by atoms with E-state index in [0.29, 0.717) is 43.4 Å². The number of piperidine rings is 1. The van der Waals surface area contributed by atoms with Crippen LogP contribution in [-0.2, 0) is 9.53 Å². The molecule has 0 aromatic heterocycles. The number of carbonyl (C=O) groups is 3. The van der Waals surface area contributed by atoms with Crippen LogP contribution in [0.5, 0.6) is 5.75 Å². The summed E-state index contributed by atoms with van der Waals surface area (Å²) < 4.78 is 10.6. The standard InChI is InChI=1S/C19H24N4O5/c1-12-17(24)21(2)15-11-13(3-4-16(15)28-12)20-18(25)22-7-5-14(6-8-22)23-9-10-27-19(23)26/h3-4,11-12,14H,5-10H2,1-2H3,(H,20,25)/t12-/m1/s1. The number of rotatable bonds is 2. The lowest BCUT2D eigenvalue weighted by Gasteiger charge is -2.35. The Kier molecular flexibility index (Phi) is 4.74. The van der Waals surface area contributed by atoms with Crippen LogP contribution in [0.25, 0.3) is 0 Å². The van der Waals surface area contributed by atoms with Crippen LogP contribution in [0.15, 0.2) is 18.2 Å². The molecular weight excluding hydrogens is 364 g/mol. The van der Waals surface area contributed by atoms with Crippen molar-refractivity contribution in [2.75, 3.05) is 43.5 Å². The molecule has 28 heavy (non-hydrogen) atoms. The summed E-state index contributed by atoms with van der Waals surface area (Å²) >= 11 is 0. The molecule has 0 spiro atoms. The molecule has 2 saturated heterocycles. The van der Waals surface area contributed by atoms with Gasteiger partial charge in [-0.25, -0.2) is 9.59 Å². The molecule has 4 rings (SSSR count). The summed E-state index contributed by atoms with van der Waals surface area (Å²) in [5.41, 5.74) is 1.24. The topological polar surface area (TPSA) is 91.4 Å². The molecule has 0 radical (unpaired) electrons. The fourth-order valence-corrected chi connectivity index (χ4v) is 3.91. The minimum absolute atomic E-state index is 0.126. The van der Waals surface area contributed by atoms with Crippen molar-refractivity contribution in [1.82, 2.24) is 9.80 Å². The van der Waals surface area contributed by atoms with Crippen LogP contribution >= 0.6 is 0 Å². The molecule has 150 valence electrons. The predicted molar refractivity (Wildman–Crippen MR) is 102 cm³/mol. The number of anilines is 2. The molecule has 1 aromatic rings. The average Bonchev–Trinajstić information content (AvgIpc) is 3.13. The molecule has 0 saturated carbocycles. The number of amides is 4. The molecule has 4 amide bonds. The van der Waals surface area contributed by atoms with E-state index in [0.717, 1.165) is 12.8 Å². The first-order valence-corrected chi connectivity index (χ1v) is 9.51. The Balaban J connectivity index is 1.37. The lowest BCUT2D eigenvalue weighted by Crippen LogP contribution is -2.48. The Morgan fingerprint density at radius 2 is 1.93 bits per heavy atom. The number of hydrogen-bond donors (Lipinski definition) is 1. The first-order chi connectivity index (χ1) is 13.4. The second-order valence-corrected chi connectivity index (χ2v) is 7.30. The quantitative estimate of drug-likeness (QED) is 0.835. The van der Waals surface area contributed by atoms with Crippen LogP contribution in [0.3, 0.4) is 0 Å². The Hall–Kier alpha value is -2.97. The maximum absolute atomic E-state index is 12.6. The first-order valence-electron chi connectivity index (χ1n) is 9.51. The van der Waals surface area contributed by atoms with Crippen molar-refractivity contribution in [1.29, 1.82) is 0 Å².